The van der Waals surface area contributed by atoms with Gasteiger partial charge < -0.3 is 20.6 Å². The third-order valence-corrected chi connectivity index (χ3v) is 4.72. The van der Waals surface area contributed by atoms with E-state index in [-0.39, 0.29) is 17.3 Å². The van der Waals surface area contributed by atoms with Crippen LogP contribution in [0.15, 0.2) is 12.1 Å². The second-order valence-corrected chi connectivity index (χ2v) is 6.35. The van der Waals surface area contributed by atoms with Crippen LogP contribution in [0.4, 0.5) is 16.2 Å². The molecule has 0 unspecified atom stereocenters. The number of nitro groups is 1. The molecule has 8 heteroatoms. The second kappa shape index (κ2) is 7.48. The average molecular weight is 336 g/mol. The number of hydrogen-bond acceptors (Lipinski definition) is 5. The van der Waals surface area contributed by atoms with Gasteiger partial charge >= 0.3 is 6.09 Å². The van der Waals surface area contributed by atoms with Gasteiger partial charge in [0.1, 0.15) is 5.69 Å². The Labute approximate surface area is 141 Å². The highest BCUT2D eigenvalue weighted by molar-refractivity contribution is 5.65. The maximum Gasteiger partial charge on any atom is 0.407 e. The van der Waals surface area contributed by atoms with E-state index in [1.54, 1.807) is 20.0 Å². The van der Waals surface area contributed by atoms with Crippen molar-refractivity contribution in [2.45, 2.75) is 25.7 Å². The maximum atomic E-state index is 11.1. The van der Waals surface area contributed by atoms with Gasteiger partial charge in [-0.2, -0.15) is 0 Å². The second-order valence-electron chi connectivity index (χ2n) is 6.35. The van der Waals surface area contributed by atoms with Crippen molar-refractivity contribution in [1.82, 2.24) is 9.80 Å². The Kier molecular flexibility index (Phi) is 5.61. The van der Waals surface area contributed by atoms with Gasteiger partial charge in [-0.05, 0) is 49.9 Å². The van der Waals surface area contributed by atoms with E-state index in [1.807, 2.05) is 6.07 Å². The van der Waals surface area contributed by atoms with Crippen molar-refractivity contribution in [2.75, 3.05) is 39.0 Å². The van der Waals surface area contributed by atoms with Crippen molar-refractivity contribution in [1.29, 1.82) is 0 Å². The van der Waals surface area contributed by atoms with Gasteiger partial charge in [0.25, 0.3) is 5.69 Å². The van der Waals surface area contributed by atoms with Crippen molar-refractivity contribution in [2.24, 2.45) is 0 Å². The summed E-state index contributed by atoms with van der Waals surface area (Å²) in [7, 11) is 1.56. The number of carbonyl (C=O) groups is 1. The number of aryl methyl sites for hydroxylation is 1. The number of hydrogen-bond donors (Lipinski definition) is 2. The van der Waals surface area contributed by atoms with Crippen LogP contribution >= 0.6 is 0 Å². The van der Waals surface area contributed by atoms with E-state index < -0.39 is 11.0 Å². The van der Waals surface area contributed by atoms with E-state index in [9.17, 15) is 14.9 Å². The lowest BCUT2D eigenvalue weighted by Gasteiger charge is -2.33. The fraction of sp³-hybridized carbons (Fsp3) is 0.562. The number of likely N-dealkylation sites (N-methyl/N-ethyl adjacent to an activating group) is 1. The largest absolute Gasteiger partial charge is 0.465 e. The summed E-state index contributed by atoms with van der Waals surface area (Å²) in [5.41, 5.74) is 7.72. The molecule has 0 aromatic heterocycles. The lowest BCUT2D eigenvalue weighted by molar-refractivity contribution is -0.384. The van der Waals surface area contributed by atoms with Gasteiger partial charge in [-0.1, -0.05) is 6.07 Å². The van der Waals surface area contributed by atoms with E-state index in [2.05, 4.69) is 4.90 Å². The first kappa shape index (κ1) is 18.0. The molecular weight excluding hydrogens is 312 g/mol. The van der Waals surface area contributed by atoms with Gasteiger partial charge in [-0.15, -0.1) is 0 Å². The number of anilines is 1. The van der Waals surface area contributed by atoms with Gasteiger partial charge in [-0.3, -0.25) is 10.1 Å². The molecule has 1 saturated heterocycles. The minimum atomic E-state index is -0.922. The van der Waals surface area contributed by atoms with E-state index in [0.717, 1.165) is 37.1 Å². The highest BCUT2D eigenvalue weighted by Crippen LogP contribution is 2.34. The lowest BCUT2D eigenvalue weighted by Crippen LogP contribution is -2.39. The Morgan fingerprint density at radius 2 is 2.08 bits per heavy atom. The average Bonchev–Trinajstić information content (AvgIpc) is 2.55. The molecule has 3 N–H and O–H groups in total. The number of likely N-dealkylation sites (tertiary alicyclic amines) is 1. The van der Waals surface area contributed by atoms with Crippen molar-refractivity contribution in [3.8, 4) is 0 Å². The molecule has 1 aromatic rings. The molecule has 0 aliphatic carbocycles. The zero-order chi connectivity index (χ0) is 17.9. The molecule has 0 spiro atoms. The van der Waals surface area contributed by atoms with Gasteiger partial charge in [0, 0.05) is 26.2 Å². The molecule has 1 fully saturated rings. The molecule has 1 amide bonds. The number of nitrogens with two attached hydrogens (primary N) is 1. The summed E-state index contributed by atoms with van der Waals surface area (Å²) in [6.07, 6.45) is 0.878. The summed E-state index contributed by atoms with van der Waals surface area (Å²) < 4.78 is 0. The van der Waals surface area contributed by atoms with Gasteiger partial charge in [0.2, 0.25) is 0 Å². The van der Waals surface area contributed by atoms with Crippen LogP contribution in [-0.2, 0) is 0 Å². The molecule has 0 radical (unpaired) electrons. The van der Waals surface area contributed by atoms with Crippen LogP contribution in [-0.4, -0.2) is 59.1 Å². The first-order chi connectivity index (χ1) is 11.3. The number of carboxylic acid groups (broad SMARTS) is 1. The smallest absolute Gasteiger partial charge is 0.407 e. The zero-order valence-corrected chi connectivity index (χ0v) is 14.1. The molecule has 1 aromatic carbocycles. The van der Waals surface area contributed by atoms with Gasteiger partial charge in [0.05, 0.1) is 4.92 Å². The van der Waals surface area contributed by atoms with Crippen LogP contribution in [0.1, 0.15) is 29.9 Å². The third-order valence-electron chi connectivity index (χ3n) is 4.72. The Bertz CT molecular complexity index is 627. The predicted molar refractivity (Wildman–Crippen MR) is 91.3 cm³/mol. The number of benzene rings is 1. The summed E-state index contributed by atoms with van der Waals surface area (Å²) in [6.45, 7) is 4.69. The number of piperidine rings is 1. The lowest BCUT2D eigenvalue weighted by atomic mass is 9.88. The molecule has 0 bridgehead atoms. The fourth-order valence-electron chi connectivity index (χ4n) is 3.07. The number of rotatable bonds is 5. The first-order valence-corrected chi connectivity index (χ1v) is 8.00. The van der Waals surface area contributed by atoms with Crippen LogP contribution in [0, 0.1) is 17.0 Å². The van der Waals surface area contributed by atoms with Crippen molar-refractivity contribution in [3.63, 3.8) is 0 Å². The van der Waals surface area contributed by atoms with Crippen LogP contribution < -0.4 is 5.73 Å². The quantitative estimate of drug-likeness (QED) is 0.484. The first-order valence-electron chi connectivity index (χ1n) is 8.00. The highest BCUT2D eigenvalue weighted by Gasteiger charge is 2.24. The van der Waals surface area contributed by atoms with E-state index >= 15 is 0 Å². The summed E-state index contributed by atoms with van der Waals surface area (Å²) in [6, 6.07) is 3.54. The molecule has 24 heavy (non-hydrogen) atoms. The predicted octanol–water partition coefficient (Wildman–Crippen LogP) is 2.27. The molecule has 0 saturated carbocycles. The molecule has 0 atom stereocenters. The standard InChI is InChI=1S/C16H24N4O4/c1-11-9-13(10-14(15(11)17)20(23)24)12-3-5-19(6-4-12)8-7-18(2)16(21)22/h9-10,12H,3-8,17H2,1-2H3,(H,21,22). The molecule has 8 nitrogen and oxygen atoms in total. The fourth-order valence-corrected chi connectivity index (χ4v) is 3.07. The maximum absolute atomic E-state index is 11.1. The van der Waals surface area contributed by atoms with Gasteiger partial charge in [-0.25, -0.2) is 4.79 Å². The van der Waals surface area contributed by atoms with E-state index in [1.165, 1.54) is 4.90 Å². The Hall–Kier alpha value is -2.35. The number of nitro benzene ring substituents is 1. The summed E-state index contributed by atoms with van der Waals surface area (Å²) in [5, 5.41) is 20.0. The number of amides is 1. The Morgan fingerprint density at radius 1 is 1.46 bits per heavy atom. The summed E-state index contributed by atoms with van der Waals surface area (Å²) in [4.78, 5) is 25.0. The Morgan fingerprint density at radius 3 is 2.62 bits per heavy atom. The zero-order valence-electron chi connectivity index (χ0n) is 14.1. The Balaban J connectivity index is 1.97. The highest BCUT2D eigenvalue weighted by atomic mass is 16.6. The van der Waals surface area contributed by atoms with Crippen LogP contribution in [0.3, 0.4) is 0 Å². The topological polar surface area (TPSA) is 113 Å². The van der Waals surface area contributed by atoms with Gasteiger partial charge in [0.15, 0.2) is 0 Å². The SMILES string of the molecule is Cc1cc(C2CCN(CCN(C)C(=O)O)CC2)cc([N+](=O)[O-])c1N. The van der Waals surface area contributed by atoms with Crippen molar-refractivity contribution >= 4 is 17.5 Å². The molecule has 1 aliphatic rings. The molecule has 132 valence electrons. The molecule has 2 rings (SSSR count). The van der Waals surface area contributed by atoms with E-state index in [4.69, 9.17) is 10.8 Å². The number of nitrogen functional groups attached to an aromatic ring is 1. The van der Waals surface area contributed by atoms with Crippen LogP contribution in [0.5, 0.6) is 0 Å². The van der Waals surface area contributed by atoms with Crippen molar-refractivity contribution < 1.29 is 14.8 Å². The third kappa shape index (κ3) is 4.14. The molecule has 1 aliphatic heterocycles. The minimum absolute atomic E-state index is 0.0180. The van der Waals surface area contributed by atoms with Crippen LogP contribution in [0.2, 0.25) is 0 Å². The van der Waals surface area contributed by atoms with Crippen molar-refractivity contribution in [3.05, 3.63) is 33.4 Å². The molecular formula is C16H24N4O4. The monoisotopic (exact) mass is 336 g/mol. The minimum Gasteiger partial charge on any atom is -0.465 e. The van der Waals surface area contributed by atoms with E-state index in [0.29, 0.717) is 13.1 Å². The summed E-state index contributed by atoms with van der Waals surface area (Å²) in [5.74, 6) is 0.274. The summed E-state index contributed by atoms with van der Waals surface area (Å²) >= 11 is 0. The molecule has 1 heterocycles. The van der Waals surface area contributed by atoms with Crippen LogP contribution in [0.25, 0.3) is 0 Å². The normalized spacial score (nSPS) is 16.1. The number of nitrogens with zero attached hydrogens (tertiary/aromatic N) is 3.